The highest BCUT2D eigenvalue weighted by Crippen LogP contribution is 2.24. The van der Waals surface area contributed by atoms with Crippen LogP contribution in [0.2, 0.25) is 0 Å². The van der Waals surface area contributed by atoms with Crippen LogP contribution < -0.4 is 0 Å². The van der Waals surface area contributed by atoms with Gasteiger partial charge in [-0.1, -0.05) is 12.1 Å². The normalized spacial score (nSPS) is 10.3. The first-order valence-electron chi connectivity index (χ1n) is 5.30. The smallest absolute Gasteiger partial charge is 0.159 e. The molecule has 3 heteroatoms. The van der Waals surface area contributed by atoms with E-state index in [1.165, 1.54) is 13.0 Å². The number of halogens is 1. The predicted molar refractivity (Wildman–Crippen MR) is 64.4 cm³/mol. The summed E-state index contributed by atoms with van der Waals surface area (Å²) in [6.45, 7) is 3.43. The summed E-state index contributed by atoms with van der Waals surface area (Å²) in [5, 5.41) is 0. The molecule has 1 heterocycles. The SMILES string of the molecule is CC(=O)c1ccc(C)c(-c2cncc(F)c2)c1. The molecule has 0 radical (unpaired) electrons. The Balaban J connectivity index is 2.58. The Morgan fingerprint density at radius 2 is 2.00 bits per heavy atom. The second-order valence-electron chi connectivity index (χ2n) is 3.98. The number of ketones is 1. The van der Waals surface area contributed by atoms with E-state index in [2.05, 4.69) is 4.98 Å². The van der Waals surface area contributed by atoms with Crippen molar-refractivity contribution in [2.45, 2.75) is 13.8 Å². The van der Waals surface area contributed by atoms with Crippen LogP contribution in [0.1, 0.15) is 22.8 Å². The Hall–Kier alpha value is -2.03. The molecule has 0 aliphatic rings. The van der Waals surface area contributed by atoms with Crippen LogP contribution in [-0.4, -0.2) is 10.8 Å². The van der Waals surface area contributed by atoms with Gasteiger partial charge in [-0.05, 0) is 37.1 Å². The molecule has 0 aliphatic carbocycles. The van der Waals surface area contributed by atoms with Crippen molar-refractivity contribution >= 4 is 5.78 Å². The number of aromatic nitrogens is 1. The molecule has 0 saturated heterocycles. The molecule has 2 rings (SSSR count). The molecule has 0 bridgehead atoms. The van der Waals surface area contributed by atoms with E-state index in [0.29, 0.717) is 11.1 Å². The van der Waals surface area contributed by atoms with E-state index in [9.17, 15) is 9.18 Å². The number of nitrogens with zero attached hydrogens (tertiary/aromatic N) is 1. The predicted octanol–water partition coefficient (Wildman–Crippen LogP) is 3.40. The van der Waals surface area contributed by atoms with Crippen molar-refractivity contribution in [3.05, 3.63) is 53.6 Å². The molecule has 0 amide bonds. The molecule has 0 N–H and O–H groups in total. The minimum atomic E-state index is -0.380. The number of Topliss-reactive ketones (excluding diaryl/α,β-unsaturated/α-hetero) is 1. The fraction of sp³-hybridized carbons (Fsp3) is 0.143. The van der Waals surface area contributed by atoms with Gasteiger partial charge in [0.05, 0.1) is 6.20 Å². The maximum Gasteiger partial charge on any atom is 0.159 e. The fourth-order valence-corrected chi connectivity index (χ4v) is 1.71. The number of hydrogen-bond acceptors (Lipinski definition) is 2. The first kappa shape index (κ1) is 11.5. The number of rotatable bonds is 2. The highest BCUT2D eigenvalue weighted by atomic mass is 19.1. The van der Waals surface area contributed by atoms with E-state index < -0.39 is 0 Å². The summed E-state index contributed by atoms with van der Waals surface area (Å²) in [7, 11) is 0. The highest BCUT2D eigenvalue weighted by molar-refractivity contribution is 5.95. The lowest BCUT2D eigenvalue weighted by atomic mass is 9.98. The van der Waals surface area contributed by atoms with Gasteiger partial charge in [-0.2, -0.15) is 0 Å². The molecule has 1 aromatic carbocycles. The van der Waals surface area contributed by atoms with E-state index in [1.54, 1.807) is 18.3 Å². The molecule has 0 fully saturated rings. The lowest BCUT2D eigenvalue weighted by Gasteiger charge is -2.07. The topological polar surface area (TPSA) is 30.0 Å². The Morgan fingerprint density at radius 3 is 2.65 bits per heavy atom. The first-order chi connectivity index (χ1) is 8.08. The molecule has 0 atom stereocenters. The molecule has 2 aromatic rings. The summed E-state index contributed by atoms with van der Waals surface area (Å²) < 4.78 is 13.1. The highest BCUT2D eigenvalue weighted by Gasteiger charge is 2.07. The number of carbonyl (C=O) groups excluding carboxylic acids is 1. The fourth-order valence-electron chi connectivity index (χ4n) is 1.71. The molecule has 0 unspecified atom stereocenters. The average molecular weight is 229 g/mol. The third-order valence-electron chi connectivity index (χ3n) is 2.66. The summed E-state index contributed by atoms with van der Waals surface area (Å²) in [6.07, 6.45) is 2.75. The zero-order valence-electron chi connectivity index (χ0n) is 9.70. The van der Waals surface area contributed by atoms with Gasteiger partial charge in [0.15, 0.2) is 5.78 Å². The second-order valence-corrected chi connectivity index (χ2v) is 3.98. The summed E-state index contributed by atoms with van der Waals surface area (Å²) in [5.41, 5.74) is 3.13. The van der Waals surface area contributed by atoms with Gasteiger partial charge in [-0.3, -0.25) is 9.78 Å². The van der Waals surface area contributed by atoms with Crippen molar-refractivity contribution < 1.29 is 9.18 Å². The van der Waals surface area contributed by atoms with Gasteiger partial charge in [-0.25, -0.2) is 4.39 Å². The van der Waals surface area contributed by atoms with Gasteiger partial charge < -0.3 is 0 Å². The van der Waals surface area contributed by atoms with E-state index in [-0.39, 0.29) is 11.6 Å². The minimum Gasteiger partial charge on any atom is -0.295 e. The maximum atomic E-state index is 13.1. The van der Waals surface area contributed by atoms with Crippen molar-refractivity contribution in [2.75, 3.05) is 0 Å². The summed E-state index contributed by atoms with van der Waals surface area (Å²) in [4.78, 5) is 15.1. The summed E-state index contributed by atoms with van der Waals surface area (Å²) in [6, 6.07) is 6.82. The van der Waals surface area contributed by atoms with Gasteiger partial charge in [0, 0.05) is 17.3 Å². The summed E-state index contributed by atoms with van der Waals surface area (Å²) >= 11 is 0. The van der Waals surface area contributed by atoms with E-state index in [4.69, 9.17) is 0 Å². The van der Waals surface area contributed by atoms with E-state index >= 15 is 0 Å². The van der Waals surface area contributed by atoms with Gasteiger partial charge >= 0.3 is 0 Å². The maximum absolute atomic E-state index is 13.1. The lowest BCUT2D eigenvalue weighted by molar-refractivity contribution is 0.101. The van der Waals surface area contributed by atoms with Gasteiger partial charge in [0.2, 0.25) is 0 Å². The monoisotopic (exact) mass is 229 g/mol. The number of carbonyl (C=O) groups is 1. The molecule has 0 spiro atoms. The number of aryl methyl sites for hydroxylation is 1. The van der Waals surface area contributed by atoms with Crippen LogP contribution >= 0.6 is 0 Å². The second kappa shape index (κ2) is 4.45. The Morgan fingerprint density at radius 1 is 1.24 bits per heavy atom. The zero-order valence-corrected chi connectivity index (χ0v) is 9.70. The van der Waals surface area contributed by atoms with Crippen LogP contribution in [0.15, 0.2) is 36.7 Å². The Bertz CT molecular complexity index is 578. The Labute approximate surface area is 99.1 Å². The molecular weight excluding hydrogens is 217 g/mol. The quantitative estimate of drug-likeness (QED) is 0.739. The summed E-state index contributed by atoms with van der Waals surface area (Å²) in [5.74, 6) is -0.384. The molecule has 0 saturated carbocycles. The van der Waals surface area contributed by atoms with Gasteiger partial charge in [0.25, 0.3) is 0 Å². The standard InChI is InChI=1S/C14H12FNO/c1-9-3-4-11(10(2)17)6-14(9)12-5-13(15)8-16-7-12/h3-8H,1-2H3. The van der Waals surface area contributed by atoms with Crippen LogP contribution in [0.25, 0.3) is 11.1 Å². The van der Waals surface area contributed by atoms with Crippen molar-refractivity contribution in [3.63, 3.8) is 0 Å². The first-order valence-corrected chi connectivity index (χ1v) is 5.30. The molecule has 86 valence electrons. The lowest BCUT2D eigenvalue weighted by Crippen LogP contribution is -1.94. The molecule has 0 aliphatic heterocycles. The Kier molecular flexibility index (Phi) is 3.00. The zero-order chi connectivity index (χ0) is 12.4. The third kappa shape index (κ3) is 2.38. The van der Waals surface area contributed by atoms with E-state index in [1.807, 2.05) is 13.0 Å². The van der Waals surface area contributed by atoms with Crippen molar-refractivity contribution in [2.24, 2.45) is 0 Å². The number of hydrogen-bond donors (Lipinski definition) is 0. The van der Waals surface area contributed by atoms with Crippen molar-refractivity contribution in [1.29, 1.82) is 0 Å². The van der Waals surface area contributed by atoms with Crippen LogP contribution in [0.5, 0.6) is 0 Å². The van der Waals surface area contributed by atoms with Crippen LogP contribution in [0, 0.1) is 12.7 Å². The minimum absolute atomic E-state index is 0.00406. The number of pyridine rings is 1. The molecule has 17 heavy (non-hydrogen) atoms. The third-order valence-corrected chi connectivity index (χ3v) is 2.66. The largest absolute Gasteiger partial charge is 0.295 e. The van der Waals surface area contributed by atoms with Crippen LogP contribution in [0.4, 0.5) is 4.39 Å². The number of benzene rings is 1. The van der Waals surface area contributed by atoms with Crippen molar-refractivity contribution in [3.8, 4) is 11.1 Å². The van der Waals surface area contributed by atoms with Gasteiger partial charge in [-0.15, -0.1) is 0 Å². The van der Waals surface area contributed by atoms with E-state index in [0.717, 1.165) is 17.3 Å². The molecule has 2 nitrogen and oxygen atoms in total. The van der Waals surface area contributed by atoms with Crippen LogP contribution in [0.3, 0.4) is 0 Å². The molecule has 1 aromatic heterocycles. The molecular formula is C14H12FNO. The average Bonchev–Trinajstić information content (AvgIpc) is 2.29. The van der Waals surface area contributed by atoms with Crippen molar-refractivity contribution in [1.82, 2.24) is 4.98 Å². The van der Waals surface area contributed by atoms with Gasteiger partial charge in [0.1, 0.15) is 5.82 Å². The van der Waals surface area contributed by atoms with Crippen LogP contribution in [-0.2, 0) is 0 Å².